The molecule has 146 valence electrons. The summed E-state index contributed by atoms with van der Waals surface area (Å²) in [7, 11) is 0. The van der Waals surface area contributed by atoms with Crippen LogP contribution in [0.25, 0.3) is 0 Å². The molecule has 0 bridgehead atoms. The van der Waals surface area contributed by atoms with E-state index in [1.807, 2.05) is 6.07 Å². The summed E-state index contributed by atoms with van der Waals surface area (Å²) < 4.78 is 27.4. The lowest BCUT2D eigenvalue weighted by Gasteiger charge is -2.27. The number of rotatable bonds is 10. The molecular formula is C23H35F2N. The fourth-order valence-electron chi connectivity index (χ4n) is 3.94. The van der Waals surface area contributed by atoms with Crippen LogP contribution in [0.5, 0.6) is 0 Å². The molecule has 0 amide bonds. The SMILES string of the molecule is CC/C=C(\C1CC1)C(Cc1cccc(C(C)(F)F)c1)CC(C)C(N)CC. The Morgan fingerprint density at radius 1 is 1.31 bits per heavy atom. The molecule has 2 N–H and O–H groups in total. The summed E-state index contributed by atoms with van der Waals surface area (Å²) in [5.41, 5.74) is 8.94. The Hall–Kier alpha value is -1.22. The normalized spacial score (nSPS) is 19.3. The van der Waals surface area contributed by atoms with Crippen LogP contribution in [-0.2, 0) is 12.3 Å². The third-order valence-corrected chi connectivity index (χ3v) is 5.73. The summed E-state index contributed by atoms with van der Waals surface area (Å²) in [6, 6.07) is 7.17. The maximum atomic E-state index is 13.7. The van der Waals surface area contributed by atoms with Gasteiger partial charge in [0.1, 0.15) is 0 Å². The number of halogens is 2. The quantitative estimate of drug-likeness (QED) is 0.474. The molecular weight excluding hydrogens is 328 g/mol. The van der Waals surface area contributed by atoms with E-state index in [1.54, 1.807) is 12.1 Å². The van der Waals surface area contributed by atoms with E-state index in [2.05, 4.69) is 26.8 Å². The van der Waals surface area contributed by atoms with Crippen molar-refractivity contribution in [2.24, 2.45) is 23.5 Å². The molecule has 0 aromatic heterocycles. The lowest BCUT2D eigenvalue weighted by molar-refractivity contribution is 0.0174. The van der Waals surface area contributed by atoms with Crippen molar-refractivity contribution in [1.82, 2.24) is 0 Å². The molecule has 1 fully saturated rings. The summed E-state index contributed by atoms with van der Waals surface area (Å²) in [4.78, 5) is 0. The Bertz CT molecular complexity index is 598. The zero-order valence-corrected chi connectivity index (χ0v) is 16.8. The van der Waals surface area contributed by atoms with Gasteiger partial charge in [-0.1, -0.05) is 50.6 Å². The summed E-state index contributed by atoms with van der Waals surface area (Å²) >= 11 is 0. The summed E-state index contributed by atoms with van der Waals surface area (Å²) in [6.45, 7) is 7.51. The molecule has 3 heteroatoms. The van der Waals surface area contributed by atoms with Gasteiger partial charge in [-0.15, -0.1) is 0 Å². The van der Waals surface area contributed by atoms with Crippen LogP contribution in [-0.4, -0.2) is 6.04 Å². The van der Waals surface area contributed by atoms with E-state index in [9.17, 15) is 8.78 Å². The highest BCUT2D eigenvalue weighted by molar-refractivity contribution is 5.29. The predicted octanol–water partition coefficient (Wildman–Crippen LogP) is 6.47. The van der Waals surface area contributed by atoms with Gasteiger partial charge in [-0.05, 0) is 67.9 Å². The van der Waals surface area contributed by atoms with Crippen molar-refractivity contribution < 1.29 is 8.78 Å². The first-order valence-corrected chi connectivity index (χ1v) is 10.2. The van der Waals surface area contributed by atoms with Gasteiger partial charge in [-0.2, -0.15) is 0 Å². The van der Waals surface area contributed by atoms with Crippen LogP contribution in [0.4, 0.5) is 8.78 Å². The largest absolute Gasteiger partial charge is 0.327 e. The minimum Gasteiger partial charge on any atom is -0.327 e. The molecule has 0 spiro atoms. The van der Waals surface area contributed by atoms with Gasteiger partial charge < -0.3 is 5.73 Å². The second-order valence-electron chi connectivity index (χ2n) is 8.16. The van der Waals surface area contributed by atoms with Gasteiger partial charge >= 0.3 is 0 Å². The average molecular weight is 364 g/mol. The molecule has 1 saturated carbocycles. The maximum Gasteiger partial charge on any atom is 0.270 e. The minimum atomic E-state index is -2.79. The van der Waals surface area contributed by atoms with Gasteiger partial charge in [0, 0.05) is 18.5 Å². The molecule has 1 aliphatic rings. The van der Waals surface area contributed by atoms with E-state index < -0.39 is 5.92 Å². The number of hydrogen-bond donors (Lipinski definition) is 1. The molecule has 0 aliphatic heterocycles. The highest BCUT2D eigenvalue weighted by Gasteiger charge is 2.32. The van der Waals surface area contributed by atoms with Crippen molar-refractivity contribution in [3.63, 3.8) is 0 Å². The smallest absolute Gasteiger partial charge is 0.270 e. The molecule has 0 radical (unpaired) electrons. The molecule has 0 saturated heterocycles. The third-order valence-electron chi connectivity index (χ3n) is 5.73. The fraction of sp³-hybridized carbons (Fsp3) is 0.652. The maximum absolute atomic E-state index is 13.7. The summed E-state index contributed by atoms with van der Waals surface area (Å²) in [5, 5.41) is 0. The van der Waals surface area contributed by atoms with Gasteiger partial charge in [0.2, 0.25) is 0 Å². The molecule has 1 nitrogen and oxygen atoms in total. The minimum absolute atomic E-state index is 0.111. The fourth-order valence-corrected chi connectivity index (χ4v) is 3.94. The lowest BCUT2D eigenvalue weighted by atomic mass is 9.79. The van der Waals surface area contributed by atoms with Crippen molar-refractivity contribution in [3.8, 4) is 0 Å². The van der Waals surface area contributed by atoms with Gasteiger partial charge in [0.15, 0.2) is 0 Å². The van der Waals surface area contributed by atoms with Gasteiger partial charge in [0.25, 0.3) is 5.92 Å². The van der Waals surface area contributed by atoms with Crippen LogP contribution in [0.3, 0.4) is 0 Å². The Balaban J connectivity index is 2.24. The summed E-state index contributed by atoms with van der Waals surface area (Å²) in [6.07, 6.45) is 8.78. The van der Waals surface area contributed by atoms with Crippen molar-refractivity contribution >= 4 is 0 Å². The Kier molecular flexibility index (Phi) is 7.40. The number of alkyl halides is 2. The third kappa shape index (κ3) is 5.90. The topological polar surface area (TPSA) is 26.0 Å². The van der Waals surface area contributed by atoms with Gasteiger partial charge in [-0.3, -0.25) is 0 Å². The molecule has 3 atom stereocenters. The van der Waals surface area contributed by atoms with E-state index in [1.165, 1.54) is 24.5 Å². The van der Waals surface area contributed by atoms with E-state index in [4.69, 9.17) is 5.73 Å². The summed E-state index contributed by atoms with van der Waals surface area (Å²) in [5.74, 6) is -1.27. The molecule has 0 heterocycles. The van der Waals surface area contributed by atoms with Crippen LogP contribution in [0.15, 0.2) is 35.9 Å². The standard InChI is InChI=1S/C23H35F2N/c1-5-8-21(18-11-12-18)19(13-16(3)22(26)6-2)14-17-9-7-10-20(15-17)23(4,24)25/h7-10,15-16,18-19,22H,5-6,11-14,26H2,1-4H3/b21-8+. The number of nitrogens with two attached hydrogens (primary N) is 1. The van der Waals surface area contributed by atoms with Crippen LogP contribution in [0.2, 0.25) is 0 Å². The molecule has 1 aromatic rings. The Labute approximate surface area is 158 Å². The molecule has 1 aromatic carbocycles. The van der Waals surface area contributed by atoms with E-state index >= 15 is 0 Å². The van der Waals surface area contributed by atoms with E-state index in [0.717, 1.165) is 38.2 Å². The number of allylic oxidation sites excluding steroid dienone is 2. The number of benzene rings is 1. The van der Waals surface area contributed by atoms with Crippen molar-refractivity contribution in [2.75, 3.05) is 0 Å². The first kappa shape index (κ1) is 21.1. The highest BCUT2D eigenvalue weighted by atomic mass is 19.3. The van der Waals surface area contributed by atoms with Crippen LogP contribution >= 0.6 is 0 Å². The van der Waals surface area contributed by atoms with Crippen molar-refractivity contribution in [2.45, 2.75) is 78.2 Å². The predicted molar refractivity (Wildman–Crippen MR) is 106 cm³/mol. The van der Waals surface area contributed by atoms with Gasteiger partial charge in [0.05, 0.1) is 0 Å². The van der Waals surface area contributed by atoms with Gasteiger partial charge in [-0.25, -0.2) is 8.78 Å². The second-order valence-corrected chi connectivity index (χ2v) is 8.16. The Morgan fingerprint density at radius 3 is 2.54 bits per heavy atom. The first-order valence-electron chi connectivity index (χ1n) is 10.2. The van der Waals surface area contributed by atoms with Crippen LogP contribution in [0.1, 0.15) is 70.9 Å². The molecule has 2 rings (SSSR count). The van der Waals surface area contributed by atoms with Crippen LogP contribution in [0, 0.1) is 17.8 Å². The molecule has 1 aliphatic carbocycles. The van der Waals surface area contributed by atoms with Crippen molar-refractivity contribution in [1.29, 1.82) is 0 Å². The monoisotopic (exact) mass is 363 g/mol. The Morgan fingerprint density at radius 2 is 2.00 bits per heavy atom. The average Bonchev–Trinajstić information content (AvgIpc) is 3.42. The zero-order valence-electron chi connectivity index (χ0n) is 16.8. The molecule has 3 unspecified atom stereocenters. The second kappa shape index (κ2) is 9.12. The number of hydrogen-bond acceptors (Lipinski definition) is 1. The van der Waals surface area contributed by atoms with Crippen molar-refractivity contribution in [3.05, 3.63) is 47.0 Å². The lowest BCUT2D eigenvalue weighted by Crippen LogP contribution is -2.30. The highest BCUT2D eigenvalue weighted by Crippen LogP contribution is 2.43. The zero-order chi connectivity index (χ0) is 19.3. The van der Waals surface area contributed by atoms with Crippen LogP contribution < -0.4 is 5.73 Å². The van der Waals surface area contributed by atoms with E-state index in [-0.39, 0.29) is 11.6 Å². The molecule has 26 heavy (non-hydrogen) atoms. The van der Waals surface area contributed by atoms with E-state index in [0.29, 0.717) is 17.8 Å². The first-order chi connectivity index (χ1) is 12.3.